The Kier molecular flexibility index (Phi) is 6.08. The molecule has 0 aromatic carbocycles. The van der Waals surface area contributed by atoms with E-state index in [1.807, 2.05) is 0 Å². The van der Waals surface area contributed by atoms with Crippen LogP contribution >= 0.6 is 0 Å². The first-order valence-electron chi connectivity index (χ1n) is 6.01. The zero-order valence-electron chi connectivity index (χ0n) is 12.4. The molecular formula is C10H4F18. The standard InChI is InChI=1S/C10H4F18/c1-3(12,13)6(19,20)8(23,24)10(27,28)9(25,26)7(21,22)4(14,15)2(11)5(16,17)18/h2H,1H3. The molecule has 28 heavy (non-hydrogen) atoms. The lowest BCUT2D eigenvalue weighted by molar-refractivity contribution is -0.447. The molecule has 1 unspecified atom stereocenters. The minimum Gasteiger partial charge on any atom is -0.230 e. The molecule has 0 aromatic rings. The molecular weight excluding hydrogens is 462 g/mol. The Hall–Kier alpha value is -1.26. The minimum atomic E-state index is -8.59. The van der Waals surface area contributed by atoms with Gasteiger partial charge in [0.2, 0.25) is 0 Å². The summed E-state index contributed by atoms with van der Waals surface area (Å²) in [7, 11) is 0. The smallest absolute Gasteiger partial charge is 0.230 e. The van der Waals surface area contributed by atoms with Crippen molar-refractivity contribution in [2.45, 2.75) is 60.7 Å². The number of rotatable bonds is 7. The van der Waals surface area contributed by atoms with Crippen LogP contribution in [0.15, 0.2) is 0 Å². The highest BCUT2D eigenvalue weighted by Gasteiger charge is 2.93. The van der Waals surface area contributed by atoms with Crippen molar-refractivity contribution >= 4 is 0 Å². The monoisotopic (exact) mass is 466 g/mol. The van der Waals surface area contributed by atoms with E-state index in [9.17, 15) is 79.0 Å². The van der Waals surface area contributed by atoms with Crippen LogP contribution in [0.4, 0.5) is 79.0 Å². The van der Waals surface area contributed by atoms with Gasteiger partial charge in [-0.2, -0.15) is 74.6 Å². The lowest BCUT2D eigenvalue weighted by Gasteiger charge is -2.42. The molecule has 0 fully saturated rings. The van der Waals surface area contributed by atoms with E-state index in [1.165, 1.54) is 0 Å². The zero-order valence-corrected chi connectivity index (χ0v) is 12.4. The number of alkyl halides is 18. The van der Waals surface area contributed by atoms with E-state index >= 15 is 0 Å². The van der Waals surface area contributed by atoms with Crippen LogP contribution in [-0.4, -0.2) is 53.8 Å². The van der Waals surface area contributed by atoms with E-state index in [4.69, 9.17) is 0 Å². The van der Waals surface area contributed by atoms with E-state index in [0.717, 1.165) is 0 Å². The summed E-state index contributed by atoms with van der Waals surface area (Å²) >= 11 is 0. The SMILES string of the molecule is CC(F)(F)C(F)(F)C(F)(F)C(F)(F)C(F)(F)C(F)(F)C(F)(F)C(F)C(F)(F)F. The average molecular weight is 466 g/mol. The fraction of sp³-hybridized carbons (Fsp3) is 1.00. The topological polar surface area (TPSA) is 0 Å². The predicted octanol–water partition coefficient (Wildman–Crippen LogP) is 6.35. The Balaban J connectivity index is 6.64. The van der Waals surface area contributed by atoms with Gasteiger partial charge in [-0.1, -0.05) is 0 Å². The van der Waals surface area contributed by atoms with Gasteiger partial charge in [-0.3, -0.25) is 0 Å². The van der Waals surface area contributed by atoms with E-state index in [0.29, 0.717) is 0 Å². The molecule has 0 N–H and O–H groups in total. The van der Waals surface area contributed by atoms with E-state index < -0.39 is 60.7 Å². The summed E-state index contributed by atoms with van der Waals surface area (Å²) in [6, 6.07) is 0. The third-order valence-corrected chi connectivity index (χ3v) is 3.15. The maximum absolute atomic E-state index is 13.1. The molecule has 1 atom stereocenters. The highest BCUT2D eigenvalue weighted by atomic mass is 19.4. The predicted molar refractivity (Wildman–Crippen MR) is 51.3 cm³/mol. The van der Waals surface area contributed by atoms with Crippen molar-refractivity contribution in [1.29, 1.82) is 0 Å². The fourth-order valence-electron chi connectivity index (χ4n) is 1.44. The van der Waals surface area contributed by atoms with Crippen molar-refractivity contribution in [3.05, 3.63) is 0 Å². The molecule has 0 aliphatic heterocycles. The maximum atomic E-state index is 13.1. The Bertz CT molecular complexity index is 562. The van der Waals surface area contributed by atoms with E-state index in [1.54, 1.807) is 0 Å². The van der Waals surface area contributed by atoms with Gasteiger partial charge in [0, 0.05) is 6.92 Å². The molecule has 18 heteroatoms. The minimum absolute atomic E-state index is 1.27. The van der Waals surface area contributed by atoms with Gasteiger partial charge in [0.25, 0.3) is 6.17 Å². The lowest BCUT2D eigenvalue weighted by atomic mass is 9.88. The summed E-state index contributed by atoms with van der Waals surface area (Å²) in [5.74, 6) is -55.6. The second kappa shape index (κ2) is 6.37. The van der Waals surface area contributed by atoms with Gasteiger partial charge in [0.1, 0.15) is 0 Å². The Labute approximate surface area is 141 Å². The van der Waals surface area contributed by atoms with Gasteiger partial charge in [-0.15, -0.1) is 0 Å². The summed E-state index contributed by atoms with van der Waals surface area (Å²) in [4.78, 5) is 0. The highest BCUT2D eigenvalue weighted by Crippen LogP contribution is 2.63. The molecule has 0 aliphatic carbocycles. The van der Waals surface area contributed by atoms with Crippen LogP contribution in [0.1, 0.15) is 6.92 Å². The van der Waals surface area contributed by atoms with Crippen molar-refractivity contribution in [3.8, 4) is 0 Å². The van der Waals surface area contributed by atoms with E-state index in [-0.39, 0.29) is 0 Å². The molecule has 0 saturated heterocycles. The molecule has 0 amide bonds. The second-order valence-corrected chi connectivity index (χ2v) is 5.29. The quantitative estimate of drug-likeness (QED) is 0.384. The fourth-order valence-corrected chi connectivity index (χ4v) is 1.44. The molecule has 170 valence electrons. The molecule has 0 aromatic heterocycles. The first-order valence-corrected chi connectivity index (χ1v) is 6.01. The van der Waals surface area contributed by atoms with E-state index in [2.05, 4.69) is 0 Å². The van der Waals surface area contributed by atoms with Crippen LogP contribution in [0.2, 0.25) is 0 Å². The Morgan fingerprint density at radius 2 is 0.679 bits per heavy atom. The lowest BCUT2D eigenvalue weighted by Crippen LogP contribution is -2.74. The van der Waals surface area contributed by atoms with Gasteiger partial charge in [-0.05, 0) is 0 Å². The summed E-state index contributed by atoms with van der Waals surface area (Å²) in [6.07, 6.45) is -13.5. The Morgan fingerprint density at radius 1 is 0.429 bits per heavy atom. The first kappa shape index (κ1) is 26.7. The average Bonchev–Trinajstić information content (AvgIpc) is 2.42. The third-order valence-electron chi connectivity index (χ3n) is 3.15. The van der Waals surface area contributed by atoms with Crippen molar-refractivity contribution in [1.82, 2.24) is 0 Å². The number of halogens is 18. The van der Waals surface area contributed by atoms with Gasteiger partial charge < -0.3 is 0 Å². The normalized spacial score (nSPS) is 17.7. The van der Waals surface area contributed by atoms with Crippen LogP contribution in [0.5, 0.6) is 0 Å². The highest BCUT2D eigenvalue weighted by molar-refractivity contribution is 5.15. The van der Waals surface area contributed by atoms with Crippen molar-refractivity contribution in [2.75, 3.05) is 0 Å². The Morgan fingerprint density at radius 3 is 0.929 bits per heavy atom. The third kappa shape index (κ3) is 3.33. The molecule has 0 rings (SSSR count). The molecule has 0 bridgehead atoms. The summed E-state index contributed by atoms with van der Waals surface area (Å²) in [5.41, 5.74) is 0. The molecule has 0 heterocycles. The first-order chi connectivity index (χ1) is 11.7. The van der Waals surface area contributed by atoms with Crippen molar-refractivity contribution < 1.29 is 79.0 Å². The molecule has 0 spiro atoms. The van der Waals surface area contributed by atoms with Crippen molar-refractivity contribution in [3.63, 3.8) is 0 Å². The molecule has 0 aliphatic rings. The van der Waals surface area contributed by atoms with Crippen LogP contribution in [0, 0.1) is 0 Å². The second-order valence-electron chi connectivity index (χ2n) is 5.29. The molecule has 0 nitrogen and oxygen atoms in total. The molecule has 0 saturated carbocycles. The summed E-state index contributed by atoms with van der Waals surface area (Å²) in [5, 5.41) is 0. The zero-order chi connectivity index (χ0) is 23.6. The van der Waals surface area contributed by atoms with Crippen LogP contribution < -0.4 is 0 Å². The van der Waals surface area contributed by atoms with Gasteiger partial charge in [-0.25, -0.2) is 4.39 Å². The largest absolute Gasteiger partial charge is 0.425 e. The van der Waals surface area contributed by atoms with Crippen LogP contribution in [0.25, 0.3) is 0 Å². The molecule has 0 radical (unpaired) electrons. The number of hydrogen-bond donors (Lipinski definition) is 0. The summed E-state index contributed by atoms with van der Waals surface area (Å²) < 4.78 is 228. The van der Waals surface area contributed by atoms with Crippen LogP contribution in [-0.2, 0) is 0 Å². The number of hydrogen-bond acceptors (Lipinski definition) is 0. The van der Waals surface area contributed by atoms with Gasteiger partial charge in [0.05, 0.1) is 0 Å². The summed E-state index contributed by atoms with van der Waals surface area (Å²) in [6.45, 7) is -1.27. The van der Waals surface area contributed by atoms with Gasteiger partial charge >= 0.3 is 47.6 Å². The maximum Gasteiger partial charge on any atom is 0.425 e. The van der Waals surface area contributed by atoms with Crippen molar-refractivity contribution in [2.24, 2.45) is 0 Å². The van der Waals surface area contributed by atoms with Crippen LogP contribution in [0.3, 0.4) is 0 Å². The van der Waals surface area contributed by atoms with Gasteiger partial charge in [0.15, 0.2) is 0 Å².